The van der Waals surface area contributed by atoms with Crippen LogP contribution in [-0.2, 0) is 16.6 Å². The van der Waals surface area contributed by atoms with E-state index < -0.39 is 6.10 Å². The fraction of sp³-hybridized carbons (Fsp3) is 0.192. The lowest BCUT2D eigenvalue weighted by Gasteiger charge is -2.21. The summed E-state index contributed by atoms with van der Waals surface area (Å²) in [5.74, 6) is -0.318. The minimum absolute atomic E-state index is 0.318. The molecular weight excluding hydrogens is 509 g/mol. The molecule has 0 aliphatic rings. The topological polar surface area (TPSA) is 73.2 Å². The molecule has 6 nitrogen and oxygen atoms in total. The first-order valence-corrected chi connectivity index (χ1v) is 11.8. The van der Waals surface area contributed by atoms with E-state index in [2.05, 4.69) is 5.32 Å². The average Bonchev–Trinajstić information content (AvgIpc) is 2.82. The van der Waals surface area contributed by atoms with Crippen molar-refractivity contribution in [1.29, 1.82) is 0 Å². The molecule has 1 atom stereocenters. The number of rotatable bonds is 5. The van der Waals surface area contributed by atoms with Gasteiger partial charge in [0, 0.05) is 47.6 Å². The van der Waals surface area contributed by atoms with Crippen molar-refractivity contribution in [3.63, 3.8) is 0 Å². The highest BCUT2D eigenvalue weighted by molar-refractivity contribution is 6.36. The zero-order valence-electron chi connectivity index (χ0n) is 19.4. The predicted molar refractivity (Wildman–Crippen MR) is 143 cm³/mol. The Morgan fingerprint density at radius 1 is 1.03 bits per heavy atom. The van der Waals surface area contributed by atoms with Gasteiger partial charge in [0.25, 0.3) is 5.56 Å². The highest BCUT2D eigenvalue weighted by Gasteiger charge is 2.24. The number of halogens is 3. The second-order valence-corrected chi connectivity index (χ2v) is 9.38. The number of methoxy groups -OCH3 is 1. The van der Waals surface area contributed by atoms with Crippen molar-refractivity contribution in [2.75, 3.05) is 12.4 Å². The van der Waals surface area contributed by atoms with E-state index in [4.69, 9.17) is 44.5 Å². The standard InChI is InChI=1S/C26H22Cl3N3O3/c1-13(35-4)22-24(30-14(2)33)20-12-19(15-5-7-16(27)8-6-15)23(31-25(20)32(3)26(22)34)18-10-9-17(28)11-21(18)29/h5-13H,1-4H3,(H,30,33). The van der Waals surface area contributed by atoms with Gasteiger partial charge in [-0.3, -0.25) is 14.2 Å². The molecule has 4 rings (SSSR count). The Kier molecular flexibility index (Phi) is 7.20. The van der Waals surface area contributed by atoms with Crippen LogP contribution in [0.15, 0.2) is 53.3 Å². The Balaban J connectivity index is 2.18. The third kappa shape index (κ3) is 4.80. The number of amides is 1. The van der Waals surface area contributed by atoms with Crippen LogP contribution in [-0.4, -0.2) is 22.6 Å². The molecule has 0 spiro atoms. The van der Waals surface area contributed by atoms with E-state index in [1.807, 2.05) is 18.2 Å². The summed E-state index contributed by atoms with van der Waals surface area (Å²) in [7, 11) is 3.14. The number of benzene rings is 2. The van der Waals surface area contributed by atoms with Crippen LogP contribution < -0.4 is 10.9 Å². The molecule has 180 valence electrons. The number of nitrogens with zero attached hydrogens (tertiary/aromatic N) is 2. The first-order chi connectivity index (χ1) is 16.6. The van der Waals surface area contributed by atoms with Gasteiger partial charge in [-0.15, -0.1) is 0 Å². The number of carbonyl (C=O) groups excluding carboxylic acids is 1. The minimum atomic E-state index is -0.565. The molecule has 0 radical (unpaired) electrons. The molecule has 4 aromatic rings. The zero-order valence-corrected chi connectivity index (χ0v) is 21.7. The van der Waals surface area contributed by atoms with E-state index in [9.17, 15) is 9.59 Å². The maximum Gasteiger partial charge on any atom is 0.259 e. The summed E-state index contributed by atoms with van der Waals surface area (Å²) in [6, 6.07) is 14.3. The molecule has 0 saturated heterocycles. The fourth-order valence-electron chi connectivity index (χ4n) is 4.01. The van der Waals surface area contributed by atoms with Gasteiger partial charge in [0.1, 0.15) is 5.65 Å². The molecule has 0 bridgehead atoms. The maximum absolute atomic E-state index is 13.4. The quantitative estimate of drug-likeness (QED) is 0.305. The maximum atomic E-state index is 13.4. The van der Waals surface area contributed by atoms with E-state index in [-0.39, 0.29) is 11.5 Å². The number of fused-ring (bicyclic) bond motifs is 1. The van der Waals surface area contributed by atoms with Crippen molar-refractivity contribution in [2.24, 2.45) is 7.05 Å². The molecule has 1 N–H and O–H groups in total. The molecule has 1 unspecified atom stereocenters. The Morgan fingerprint density at radius 3 is 2.29 bits per heavy atom. The van der Waals surface area contributed by atoms with Crippen molar-refractivity contribution in [2.45, 2.75) is 20.0 Å². The molecule has 2 aromatic carbocycles. The summed E-state index contributed by atoms with van der Waals surface area (Å²) in [6.07, 6.45) is -0.565. The molecule has 2 heterocycles. The van der Waals surface area contributed by atoms with Gasteiger partial charge >= 0.3 is 0 Å². The van der Waals surface area contributed by atoms with E-state index in [1.54, 1.807) is 44.3 Å². The normalized spacial score (nSPS) is 12.1. The lowest BCUT2D eigenvalue weighted by Crippen LogP contribution is -2.27. The molecule has 0 fully saturated rings. The van der Waals surface area contributed by atoms with Crippen LogP contribution in [0.25, 0.3) is 33.4 Å². The summed E-state index contributed by atoms with van der Waals surface area (Å²) in [6.45, 7) is 3.14. The second-order valence-electron chi connectivity index (χ2n) is 8.10. The average molecular weight is 531 g/mol. The van der Waals surface area contributed by atoms with Gasteiger partial charge in [0.05, 0.1) is 28.1 Å². The molecule has 0 aliphatic carbocycles. The van der Waals surface area contributed by atoms with Crippen LogP contribution in [0.2, 0.25) is 15.1 Å². The number of hydrogen-bond donors (Lipinski definition) is 1. The lowest BCUT2D eigenvalue weighted by molar-refractivity contribution is -0.114. The van der Waals surface area contributed by atoms with Gasteiger partial charge in [-0.2, -0.15) is 0 Å². The van der Waals surface area contributed by atoms with Crippen LogP contribution in [0.4, 0.5) is 5.69 Å². The highest BCUT2D eigenvalue weighted by Crippen LogP contribution is 2.40. The predicted octanol–water partition coefficient (Wildman–Crippen LogP) is 6.89. The Bertz CT molecular complexity index is 1520. The lowest BCUT2D eigenvalue weighted by atomic mass is 9.96. The van der Waals surface area contributed by atoms with E-state index in [0.717, 1.165) is 11.1 Å². The number of aromatic nitrogens is 2. The van der Waals surface area contributed by atoms with Crippen LogP contribution in [0, 0.1) is 0 Å². The summed E-state index contributed by atoms with van der Waals surface area (Å²) >= 11 is 18.8. The van der Waals surface area contributed by atoms with Crippen LogP contribution >= 0.6 is 34.8 Å². The fourth-order valence-corrected chi connectivity index (χ4v) is 4.64. The molecule has 0 aliphatic heterocycles. The first-order valence-electron chi connectivity index (χ1n) is 10.7. The minimum Gasteiger partial charge on any atom is -0.377 e. The molecular formula is C26H22Cl3N3O3. The summed E-state index contributed by atoms with van der Waals surface area (Å²) < 4.78 is 6.91. The van der Waals surface area contributed by atoms with Crippen LogP contribution in [0.1, 0.15) is 25.5 Å². The van der Waals surface area contributed by atoms with Gasteiger partial charge in [-0.25, -0.2) is 4.98 Å². The molecule has 9 heteroatoms. The van der Waals surface area contributed by atoms with E-state index >= 15 is 0 Å². The van der Waals surface area contributed by atoms with Gasteiger partial charge in [-0.1, -0.05) is 46.9 Å². The number of nitrogens with one attached hydrogen (secondary N) is 1. The summed E-state index contributed by atoms with van der Waals surface area (Å²) in [5.41, 5.74) is 3.51. The molecule has 1 amide bonds. The van der Waals surface area contributed by atoms with Crippen molar-refractivity contribution >= 4 is 57.4 Å². The third-order valence-corrected chi connectivity index (χ3v) is 6.60. The zero-order chi connectivity index (χ0) is 25.4. The van der Waals surface area contributed by atoms with Gasteiger partial charge < -0.3 is 10.1 Å². The Morgan fingerprint density at radius 2 is 1.69 bits per heavy atom. The second kappa shape index (κ2) is 9.99. The first kappa shape index (κ1) is 25.2. The largest absolute Gasteiger partial charge is 0.377 e. The SMILES string of the molecule is COC(C)c1c(NC(C)=O)c2cc(-c3ccc(Cl)cc3)c(-c3ccc(Cl)cc3Cl)nc2n(C)c1=O. The summed E-state index contributed by atoms with van der Waals surface area (Å²) in [5, 5.41) is 4.91. The summed E-state index contributed by atoms with van der Waals surface area (Å²) in [4.78, 5) is 30.4. The number of aryl methyl sites for hydroxylation is 1. The monoisotopic (exact) mass is 529 g/mol. The number of hydrogen-bond acceptors (Lipinski definition) is 4. The number of ether oxygens (including phenoxy) is 1. The number of carbonyl (C=O) groups is 1. The molecule has 0 saturated carbocycles. The highest BCUT2D eigenvalue weighted by atomic mass is 35.5. The smallest absolute Gasteiger partial charge is 0.259 e. The Labute approximate surface area is 217 Å². The van der Waals surface area contributed by atoms with Gasteiger partial charge in [0.15, 0.2) is 0 Å². The van der Waals surface area contributed by atoms with Crippen molar-refractivity contribution in [3.8, 4) is 22.4 Å². The van der Waals surface area contributed by atoms with Crippen molar-refractivity contribution < 1.29 is 9.53 Å². The third-order valence-electron chi connectivity index (χ3n) is 5.80. The number of anilines is 1. The van der Waals surface area contributed by atoms with Crippen molar-refractivity contribution in [1.82, 2.24) is 9.55 Å². The van der Waals surface area contributed by atoms with Crippen LogP contribution in [0.3, 0.4) is 0 Å². The van der Waals surface area contributed by atoms with E-state index in [1.165, 1.54) is 18.6 Å². The number of pyridine rings is 2. The van der Waals surface area contributed by atoms with Gasteiger partial charge in [-0.05, 0) is 48.9 Å². The van der Waals surface area contributed by atoms with Gasteiger partial charge in [0.2, 0.25) is 5.91 Å². The molecule has 2 aromatic heterocycles. The van der Waals surface area contributed by atoms with Crippen molar-refractivity contribution in [3.05, 3.63) is 79.5 Å². The molecule has 35 heavy (non-hydrogen) atoms. The Hall–Kier alpha value is -2.90. The van der Waals surface area contributed by atoms with Crippen LogP contribution in [0.5, 0.6) is 0 Å². The van der Waals surface area contributed by atoms with E-state index in [0.29, 0.717) is 48.6 Å².